The van der Waals surface area contributed by atoms with Crippen LogP contribution in [0, 0.1) is 0 Å². The largest absolute Gasteiger partial charge is 0.349 e. The number of hydrogen-bond donors (Lipinski definition) is 1. The average Bonchev–Trinajstić information content (AvgIpc) is 3.12. The van der Waals surface area contributed by atoms with Crippen molar-refractivity contribution in [3.63, 3.8) is 0 Å². The molecule has 0 aromatic carbocycles. The smallest absolute Gasteiger partial charge is 0.256 e. The van der Waals surface area contributed by atoms with Crippen LogP contribution in [0.15, 0.2) is 31.0 Å². The van der Waals surface area contributed by atoms with Crippen LogP contribution in [0.25, 0.3) is 0 Å². The Hall–Kier alpha value is -2.61. The number of nitrogens with zero attached hydrogens (tertiary/aromatic N) is 6. The van der Waals surface area contributed by atoms with Gasteiger partial charge in [0.1, 0.15) is 0 Å². The van der Waals surface area contributed by atoms with Crippen molar-refractivity contribution >= 4 is 11.9 Å². The van der Waals surface area contributed by atoms with E-state index in [1.807, 2.05) is 0 Å². The molecule has 2 aromatic rings. The highest BCUT2D eigenvalue weighted by molar-refractivity contribution is 5.93. The maximum Gasteiger partial charge on any atom is 0.256 e. The molecule has 1 aliphatic heterocycles. The minimum atomic E-state index is -0.125. The number of likely N-dealkylation sites (tertiary alicyclic amines) is 1. The van der Waals surface area contributed by atoms with Crippen LogP contribution in [0.4, 0.5) is 5.95 Å². The predicted octanol–water partition coefficient (Wildman–Crippen LogP) is 1.29. The van der Waals surface area contributed by atoms with Crippen LogP contribution in [-0.2, 0) is 6.54 Å². The fraction of sp³-hybridized carbons (Fsp3) is 0.471. The highest BCUT2D eigenvalue weighted by Crippen LogP contribution is 2.04. The van der Waals surface area contributed by atoms with Crippen LogP contribution in [0.3, 0.4) is 0 Å². The molecule has 0 atom stereocenters. The van der Waals surface area contributed by atoms with Gasteiger partial charge in [0.15, 0.2) is 0 Å². The first-order valence-electron chi connectivity index (χ1n) is 8.27. The molecule has 2 aromatic heterocycles. The van der Waals surface area contributed by atoms with Crippen LogP contribution < -0.4 is 5.32 Å². The van der Waals surface area contributed by atoms with E-state index >= 15 is 0 Å². The lowest BCUT2D eigenvalue weighted by Gasteiger charge is -2.09. The number of carbonyl (C=O) groups excluding carboxylic acids is 1. The molecule has 0 saturated carbocycles. The number of hydrogen-bond acceptors (Lipinski definition) is 7. The molecule has 1 N–H and O–H groups in total. The van der Waals surface area contributed by atoms with E-state index in [0.29, 0.717) is 18.1 Å². The summed E-state index contributed by atoms with van der Waals surface area (Å²) in [6.07, 6.45) is 10.7. The van der Waals surface area contributed by atoms with Gasteiger partial charge in [0.25, 0.3) is 5.91 Å². The average molecular weight is 343 g/mol. The van der Waals surface area contributed by atoms with E-state index in [0.717, 1.165) is 5.69 Å². The fourth-order valence-electron chi connectivity index (χ4n) is 2.25. The van der Waals surface area contributed by atoms with Crippen molar-refractivity contribution in [2.75, 3.05) is 39.5 Å². The van der Waals surface area contributed by atoms with E-state index in [-0.39, 0.29) is 5.91 Å². The molecule has 1 amide bonds. The Morgan fingerprint density at radius 3 is 2.28 bits per heavy atom. The van der Waals surface area contributed by atoms with E-state index in [9.17, 15) is 4.79 Å². The molecule has 0 radical (unpaired) electrons. The molecule has 8 nitrogen and oxygen atoms in total. The third-order valence-electron chi connectivity index (χ3n) is 3.68. The zero-order valence-corrected chi connectivity index (χ0v) is 15.0. The fourth-order valence-corrected chi connectivity index (χ4v) is 2.25. The molecule has 0 bridgehead atoms. The molecule has 134 valence electrons. The normalized spacial score (nSPS) is 13.7. The second-order valence-corrected chi connectivity index (χ2v) is 6.06. The third-order valence-corrected chi connectivity index (χ3v) is 3.68. The Kier molecular flexibility index (Phi) is 7.21. The predicted molar refractivity (Wildman–Crippen MR) is 96.1 cm³/mol. The molecule has 1 fully saturated rings. The summed E-state index contributed by atoms with van der Waals surface area (Å²) in [4.78, 5) is 31.7. The molecule has 8 heteroatoms. The summed E-state index contributed by atoms with van der Waals surface area (Å²) in [7, 11) is 5.54. The Morgan fingerprint density at radius 1 is 1.12 bits per heavy atom. The first-order chi connectivity index (χ1) is 12.1. The summed E-state index contributed by atoms with van der Waals surface area (Å²) in [5, 5.41) is 3.01. The first kappa shape index (κ1) is 18.7. The van der Waals surface area contributed by atoms with Gasteiger partial charge < -0.3 is 15.1 Å². The Balaban J connectivity index is 0.000000316. The zero-order valence-electron chi connectivity index (χ0n) is 15.0. The van der Waals surface area contributed by atoms with Crippen molar-refractivity contribution in [3.05, 3.63) is 42.2 Å². The van der Waals surface area contributed by atoms with Gasteiger partial charge in [-0.3, -0.25) is 14.8 Å². The lowest BCUT2D eigenvalue weighted by Crippen LogP contribution is -2.22. The van der Waals surface area contributed by atoms with Gasteiger partial charge in [-0.25, -0.2) is 9.97 Å². The van der Waals surface area contributed by atoms with Gasteiger partial charge in [0, 0.05) is 38.9 Å². The molecular weight excluding hydrogens is 318 g/mol. The number of nitrogens with one attached hydrogen (secondary N) is 1. The van der Waals surface area contributed by atoms with Crippen LogP contribution >= 0.6 is 0 Å². The van der Waals surface area contributed by atoms with Gasteiger partial charge >= 0.3 is 0 Å². The second-order valence-electron chi connectivity index (χ2n) is 6.06. The van der Waals surface area contributed by atoms with E-state index in [1.54, 1.807) is 32.7 Å². The molecule has 0 unspecified atom stereocenters. The molecule has 25 heavy (non-hydrogen) atoms. The van der Waals surface area contributed by atoms with E-state index in [4.69, 9.17) is 0 Å². The van der Waals surface area contributed by atoms with Crippen LogP contribution in [0.2, 0.25) is 0 Å². The van der Waals surface area contributed by atoms with Crippen molar-refractivity contribution in [2.45, 2.75) is 19.4 Å². The summed E-state index contributed by atoms with van der Waals surface area (Å²) in [5.41, 5.74) is 1.24. The Morgan fingerprint density at radius 2 is 1.80 bits per heavy atom. The van der Waals surface area contributed by atoms with Crippen molar-refractivity contribution in [3.8, 4) is 0 Å². The van der Waals surface area contributed by atoms with Gasteiger partial charge in [0.2, 0.25) is 5.95 Å². The summed E-state index contributed by atoms with van der Waals surface area (Å²) in [5.74, 6) is 0.321. The van der Waals surface area contributed by atoms with Gasteiger partial charge in [-0.2, -0.15) is 0 Å². The molecule has 3 rings (SSSR count). The van der Waals surface area contributed by atoms with E-state index in [1.165, 1.54) is 43.2 Å². The molecule has 0 spiro atoms. The maximum absolute atomic E-state index is 11.6. The van der Waals surface area contributed by atoms with Crippen LogP contribution in [0.1, 0.15) is 28.9 Å². The van der Waals surface area contributed by atoms with Crippen molar-refractivity contribution < 1.29 is 4.79 Å². The van der Waals surface area contributed by atoms with Crippen molar-refractivity contribution in [1.29, 1.82) is 0 Å². The number of aromatic nitrogens is 4. The van der Waals surface area contributed by atoms with Crippen molar-refractivity contribution in [2.24, 2.45) is 0 Å². The maximum atomic E-state index is 11.6. The first-order valence-corrected chi connectivity index (χ1v) is 8.27. The highest BCUT2D eigenvalue weighted by Gasteiger charge is 2.08. The highest BCUT2D eigenvalue weighted by atomic mass is 16.2. The second kappa shape index (κ2) is 9.63. The molecular formula is C17H25N7O. The monoisotopic (exact) mass is 343 g/mol. The van der Waals surface area contributed by atoms with Gasteiger partial charge in [-0.15, -0.1) is 0 Å². The minimum Gasteiger partial charge on any atom is -0.349 e. The van der Waals surface area contributed by atoms with Crippen LogP contribution in [-0.4, -0.2) is 69.9 Å². The summed E-state index contributed by atoms with van der Waals surface area (Å²) < 4.78 is 0. The number of carbonyl (C=O) groups is 1. The Bertz CT molecular complexity index is 640. The SMILES string of the molecule is CN(C)C(=O)c1cnc(NCc2cnccn2)nc1.CN1CCCC1. The van der Waals surface area contributed by atoms with Crippen LogP contribution in [0.5, 0.6) is 0 Å². The van der Waals surface area contributed by atoms with Gasteiger partial charge in [-0.1, -0.05) is 0 Å². The quantitative estimate of drug-likeness (QED) is 0.895. The van der Waals surface area contributed by atoms with E-state index in [2.05, 4.69) is 37.2 Å². The summed E-state index contributed by atoms with van der Waals surface area (Å²) >= 11 is 0. The van der Waals surface area contributed by atoms with Crippen molar-refractivity contribution in [1.82, 2.24) is 29.7 Å². The topological polar surface area (TPSA) is 87.1 Å². The number of rotatable bonds is 4. The number of anilines is 1. The summed E-state index contributed by atoms with van der Waals surface area (Å²) in [6, 6.07) is 0. The molecule has 1 aliphatic rings. The zero-order chi connectivity index (χ0) is 18.1. The lowest BCUT2D eigenvalue weighted by atomic mass is 10.3. The number of amides is 1. The molecule has 3 heterocycles. The standard InChI is InChI=1S/C12H14N6O.C5H11N/c1-18(2)11(19)9-5-15-12(16-6-9)17-8-10-7-13-3-4-14-10;1-6-4-2-3-5-6/h3-7H,8H2,1-2H3,(H,15,16,17);2-5H2,1H3. The molecule has 0 aliphatic carbocycles. The lowest BCUT2D eigenvalue weighted by molar-refractivity contribution is 0.0827. The molecule has 1 saturated heterocycles. The third kappa shape index (κ3) is 6.42. The minimum absolute atomic E-state index is 0.125. The Labute approximate surface area is 148 Å². The van der Waals surface area contributed by atoms with Gasteiger partial charge in [-0.05, 0) is 33.0 Å². The summed E-state index contributed by atoms with van der Waals surface area (Å²) in [6.45, 7) is 3.12. The van der Waals surface area contributed by atoms with E-state index < -0.39 is 0 Å². The van der Waals surface area contributed by atoms with Gasteiger partial charge in [0.05, 0.1) is 24.0 Å².